The van der Waals surface area contributed by atoms with Gasteiger partial charge in [0, 0.05) is 44.1 Å². The van der Waals surface area contributed by atoms with Gasteiger partial charge in [-0.2, -0.15) is 0 Å². The van der Waals surface area contributed by atoms with Gasteiger partial charge in [0.2, 0.25) is 5.91 Å². The van der Waals surface area contributed by atoms with E-state index in [1.807, 2.05) is 18.7 Å². The first kappa shape index (κ1) is 23.7. The van der Waals surface area contributed by atoms with Gasteiger partial charge in [-0.3, -0.25) is 9.79 Å². The lowest BCUT2D eigenvalue weighted by molar-refractivity contribution is -0.133. The third-order valence-corrected chi connectivity index (χ3v) is 5.06. The first-order chi connectivity index (χ1) is 12.2. The van der Waals surface area contributed by atoms with Crippen molar-refractivity contribution in [1.82, 2.24) is 15.5 Å². The van der Waals surface area contributed by atoms with Gasteiger partial charge in [0.05, 0.1) is 0 Å². The van der Waals surface area contributed by atoms with Crippen LogP contribution in [0.25, 0.3) is 0 Å². The lowest BCUT2D eigenvalue weighted by atomic mass is 9.84. The quantitative estimate of drug-likeness (QED) is 0.382. The summed E-state index contributed by atoms with van der Waals surface area (Å²) >= 11 is 0. The monoisotopic (exact) mass is 486 g/mol. The number of nitrogens with zero attached hydrogens (tertiary/aromatic N) is 2. The highest BCUT2D eigenvalue weighted by Gasteiger charge is 2.28. The maximum atomic E-state index is 12.1. The van der Waals surface area contributed by atoms with Gasteiger partial charge in [-0.05, 0) is 18.9 Å². The lowest BCUT2D eigenvalue weighted by Crippen LogP contribution is -2.48. The minimum Gasteiger partial charge on any atom is -0.356 e. The van der Waals surface area contributed by atoms with Gasteiger partial charge in [-0.1, -0.05) is 57.5 Å². The summed E-state index contributed by atoms with van der Waals surface area (Å²) in [5.41, 5.74) is 2.59. The molecule has 0 radical (unpaired) electrons. The fourth-order valence-corrected chi connectivity index (χ4v) is 3.30. The molecule has 1 aromatic rings. The number of aliphatic imine (C=N–C) groups is 1. The largest absolute Gasteiger partial charge is 0.356 e. The second-order valence-corrected chi connectivity index (χ2v) is 8.25. The molecule has 27 heavy (non-hydrogen) atoms. The van der Waals surface area contributed by atoms with Crippen LogP contribution in [0.1, 0.15) is 45.2 Å². The maximum absolute atomic E-state index is 12.1. The van der Waals surface area contributed by atoms with E-state index in [9.17, 15) is 4.79 Å². The molecule has 1 saturated heterocycles. The highest BCUT2D eigenvalue weighted by molar-refractivity contribution is 14.0. The van der Waals surface area contributed by atoms with Crippen LogP contribution < -0.4 is 10.6 Å². The van der Waals surface area contributed by atoms with Crippen molar-refractivity contribution in [2.75, 3.05) is 26.7 Å². The predicted octanol–water partition coefficient (Wildman–Crippen LogP) is 3.31. The van der Waals surface area contributed by atoms with Gasteiger partial charge >= 0.3 is 0 Å². The molecule has 0 spiro atoms. The van der Waals surface area contributed by atoms with Crippen LogP contribution in [0, 0.1) is 12.8 Å². The summed E-state index contributed by atoms with van der Waals surface area (Å²) in [5, 5.41) is 6.93. The van der Waals surface area contributed by atoms with Crippen molar-refractivity contribution in [3.8, 4) is 0 Å². The third-order valence-electron chi connectivity index (χ3n) is 5.06. The Bertz CT molecular complexity index is 657. The number of carbonyl (C=O) groups excluding carboxylic acids is 1. The van der Waals surface area contributed by atoms with E-state index in [0.717, 1.165) is 32.0 Å². The van der Waals surface area contributed by atoms with E-state index < -0.39 is 0 Å². The van der Waals surface area contributed by atoms with Gasteiger partial charge in [-0.15, -0.1) is 24.0 Å². The fraction of sp³-hybridized carbons (Fsp3) is 0.619. The zero-order valence-corrected chi connectivity index (χ0v) is 19.8. The van der Waals surface area contributed by atoms with Crippen LogP contribution in [0.15, 0.2) is 29.3 Å². The van der Waals surface area contributed by atoms with Gasteiger partial charge < -0.3 is 15.5 Å². The fourth-order valence-electron chi connectivity index (χ4n) is 3.30. The van der Waals surface area contributed by atoms with E-state index in [1.54, 1.807) is 7.05 Å². The Morgan fingerprint density at radius 1 is 1.37 bits per heavy atom. The van der Waals surface area contributed by atoms with Crippen LogP contribution in [-0.4, -0.2) is 49.5 Å². The predicted molar refractivity (Wildman–Crippen MR) is 124 cm³/mol. The minimum atomic E-state index is -0.00103. The Kier molecular flexibility index (Phi) is 9.05. The molecule has 2 rings (SSSR count). The smallest absolute Gasteiger partial charge is 0.225 e. The number of hydrogen-bond donors (Lipinski definition) is 2. The molecule has 1 amide bonds. The summed E-state index contributed by atoms with van der Waals surface area (Å²) in [5.74, 6) is 1.09. The molecule has 1 aliphatic heterocycles. The number of halogens is 1. The van der Waals surface area contributed by atoms with Gasteiger partial charge in [0.15, 0.2) is 5.96 Å². The summed E-state index contributed by atoms with van der Waals surface area (Å²) in [6.45, 7) is 12.9. The molecule has 5 nitrogen and oxygen atoms in total. The summed E-state index contributed by atoms with van der Waals surface area (Å²) in [4.78, 5) is 18.5. The summed E-state index contributed by atoms with van der Waals surface area (Å²) in [7, 11) is 1.79. The third kappa shape index (κ3) is 6.66. The molecule has 1 fully saturated rings. The van der Waals surface area contributed by atoms with Gasteiger partial charge in [0.1, 0.15) is 0 Å². The molecule has 0 aromatic heterocycles. The first-order valence-electron chi connectivity index (χ1n) is 9.56. The number of amides is 1. The number of benzene rings is 1. The zero-order chi connectivity index (χ0) is 19.3. The average molecular weight is 486 g/mol. The first-order valence-corrected chi connectivity index (χ1v) is 9.56. The van der Waals surface area contributed by atoms with Crippen molar-refractivity contribution in [3.63, 3.8) is 0 Å². The van der Waals surface area contributed by atoms with Crippen molar-refractivity contribution in [1.29, 1.82) is 0 Å². The van der Waals surface area contributed by atoms with E-state index >= 15 is 0 Å². The molecule has 0 saturated carbocycles. The Labute approximate surface area is 181 Å². The molecular weight excluding hydrogens is 451 g/mol. The molecule has 1 unspecified atom stereocenters. The van der Waals surface area contributed by atoms with E-state index in [4.69, 9.17) is 0 Å². The van der Waals surface area contributed by atoms with Crippen LogP contribution in [0.4, 0.5) is 0 Å². The van der Waals surface area contributed by atoms with Crippen LogP contribution in [-0.2, 0) is 10.2 Å². The standard InChI is InChI=1S/C21H34N4O.HI/c1-15(2)19(26)25-11-10-18(13-25)24-20(22-6)23-14-21(4,5)17-9-7-8-16(3)12-17;/h7-9,12,15,18H,10-11,13-14H2,1-6H3,(H2,22,23,24);1H. The molecule has 152 valence electrons. The lowest BCUT2D eigenvalue weighted by Gasteiger charge is -2.28. The van der Waals surface area contributed by atoms with Crippen LogP contribution in [0.5, 0.6) is 0 Å². The molecule has 6 heteroatoms. The topological polar surface area (TPSA) is 56.7 Å². The maximum Gasteiger partial charge on any atom is 0.225 e. The van der Waals surface area contributed by atoms with Crippen molar-refractivity contribution in [3.05, 3.63) is 35.4 Å². The van der Waals surface area contributed by atoms with Gasteiger partial charge in [-0.25, -0.2) is 0 Å². The van der Waals surface area contributed by atoms with E-state index in [-0.39, 0.29) is 47.3 Å². The van der Waals surface area contributed by atoms with Crippen LogP contribution >= 0.6 is 24.0 Å². The van der Waals surface area contributed by atoms with E-state index in [1.165, 1.54) is 11.1 Å². The van der Waals surface area contributed by atoms with Crippen LogP contribution in [0.2, 0.25) is 0 Å². The van der Waals surface area contributed by atoms with Gasteiger partial charge in [0.25, 0.3) is 0 Å². The summed E-state index contributed by atoms with van der Waals surface area (Å²) in [6.07, 6.45) is 0.959. The average Bonchev–Trinajstić information content (AvgIpc) is 3.06. The van der Waals surface area contributed by atoms with Crippen LogP contribution in [0.3, 0.4) is 0 Å². The molecule has 1 heterocycles. The highest BCUT2D eigenvalue weighted by atomic mass is 127. The number of hydrogen-bond acceptors (Lipinski definition) is 2. The second-order valence-electron chi connectivity index (χ2n) is 8.25. The summed E-state index contributed by atoms with van der Waals surface area (Å²) in [6, 6.07) is 8.91. The number of carbonyl (C=O) groups is 1. The Morgan fingerprint density at radius 2 is 2.07 bits per heavy atom. The Morgan fingerprint density at radius 3 is 2.67 bits per heavy atom. The second kappa shape index (κ2) is 10.3. The molecule has 1 aromatic carbocycles. The SMILES string of the molecule is CN=C(NCC(C)(C)c1cccc(C)c1)NC1CCN(C(=O)C(C)C)C1.I. The Hall–Kier alpha value is -1.31. The molecule has 1 aliphatic rings. The number of nitrogens with one attached hydrogen (secondary N) is 2. The molecule has 0 bridgehead atoms. The number of rotatable bonds is 5. The van der Waals surface area contributed by atoms with Crippen molar-refractivity contribution in [2.24, 2.45) is 10.9 Å². The van der Waals surface area contributed by atoms with Crippen molar-refractivity contribution >= 4 is 35.8 Å². The Balaban J connectivity index is 0.00000364. The number of aryl methyl sites for hydroxylation is 1. The number of likely N-dealkylation sites (tertiary alicyclic amines) is 1. The highest BCUT2D eigenvalue weighted by Crippen LogP contribution is 2.23. The summed E-state index contributed by atoms with van der Waals surface area (Å²) < 4.78 is 0. The molecule has 2 N–H and O–H groups in total. The van der Waals surface area contributed by atoms with Crippen molar-refractivity contribution in [2.45, 2.75) is 52.5 Å². The molecule has 0 aliphatic carbocycles. The minimum absolute atomic E-state index is 0. The molecule has 1 atom stereocenters. The zero-order valence-electron chi connectivity index (χ0n) is 17.5. The number of guanidine groups is 1. The van der Waals surface area contributed by atoms with Crippen molar-refractivity contribution < 1.29 is 4.79 Å². The normalized spacial score (nSPS) is 17.7. The van der Waals surface area contributed by atoms with E-state index in [0.29, 0.717) is 0 Å². The van der Waals surface area contributed by atoms with E-state index in [2.05, 4.69) is 60.7 Å². The molecular formula is C21H35IN4O.